The van der Waals surface area contributed by atoms with E-state index in [2.05, 4.69) is 55.4 Å². The quantitative estimate of drug-likeness (QED) is 0.0372. The summed E-state index contributed by atoms with van der Waals surface area (Å²) in [6.07, 6.45) is 65.2. The van der Waals surface area contributed by atoms with E-state index in [0.29, 0.717) is 12.8 Å². The van der Waals surface area contributed by atoms with Gasteiger partial charge >= 0.3 is 11.9 Å². The van der Waals surface area contributed by atoms with Crippen LogP contribution in [0.25, 0.3) is 0 Å². The lowest BCUT2D eigenvalue weighted by Crippen LogP contribution is -2.29. The van der Waals surface area contributed by atoms with Gasteiger partial charge in [-0.25, -0.2) is 0 Å². The maximum absolute atomic E-state index is 12.7. The van der Waals surface area contributed by atoms with E-state index in [9.17, 15) is 14.7 Å². The number of hydrogen-bond donors (Lipinski definition) is 1. The van der Waals surface area contributed by atoms with E-state index in [0.717, 1.165) is 76.3 Å². The largest absolute Gasteiger partial charge is 0.462 e. The second-order valence-electron chi connectivity index (χ2n) is 22.6. The van der Waals surface area contributed by atoms with Crippen molar-refractivity contribution in [2.75, 3.05) is 31.6 Å². The molecule has 0 aromatic carbocycles. The number of unbranched alkanes of at least 4 members (excludes halogenated alkanes) is 39. The van der Waals surface area contributed by atoms with E-state index >= 15 is 0 Å². The first-order valence-corrected chi connectivity index (χ1v) is 34.3. The van der Waals surface area contributed by atoms with Crippen molar-refractivity contribution in [1.82, 2.24) is 4.90 Å². The number of esters is 2. The standard InChI is InChI=1S/C41H83NO3.C25H49BrO2/c1-4-7-10-13-16-17-18-19-20-21-26-31-36-42(38-39-43)37-32-27-22-25-30-35-41(44)45-40(33-28-23-14-11-8-5-2)34-29-24-15-12-9-6-3;1-3-5-7-9-12-16-20-24(21-17-13-10-8-6-4-2)28-25(27)22-18-14-11-15-19-23-26/h40,43H,4-39H2,1-3H3;24H,3-23H2,1-2H3. The Morgan fingerprint density at radius 3 is 0.822 bits per heavy atom. The molecule has 0 heterocycles. The second kappa shape index (κ2) is 65.6. The lowest BCUT2D eigenvalue weighted by molar-refractivity contribution is -0.151. The van der Waals surface area contributed by atoms with Gasteiger partial charge in [0.2, 0.25) is 0 Å². The van der Waals surface area contributed by atoms with E-state index in [-0.39, 0.29) is 30.8 Å². The lowest BCUT2D eigenvalue weighted by atomic mass is 10.0. The number of nitrogens with zero attached hydrogens (tertiary/aromatic N) is 1. The Hall–Kier alpha value is -0.660. The minimum atomic E-state index is 0.0356. The summed E-state index contributed by atoms with van der Waals surface area (Å²) in [6.45, 7) is 14.6. The van der Waals surface area contributed by atoms with Crippen LogP contribution < -0.4 is 0 Å². The molecule has 0 bridgehead atoms. The number of rotatable bonds is 60. The Labute approximate surface area is 466 Å². The summed E-state index contributed by atoms with van der Waals surface area (Å²) in [5, 5.41) is 10.6. The van der Waals surface area contributed by atoms with Crippen molar-refractivity contribution in [3.8, 4) is 0 Å². The third-order valence-electron chi connectivity index (χ3n) is 15.2. The van der Waals surface area contributed by atoms with Crippen molar-refractivity contribution >= 4 is 27.9 Å². The molecule has 0 saturated heterocycles. The molecule has 1 N–H and O–H groups in total. The third-order valence-corrected chi connectivity index (χ3v) is 15.8. The van der Waals surface area contributed by atoms with Gasteiger partial charge in [0.15, 0.2) is 0 Å². The lowest BCUT2D eigenvalue weighted by Gasteiger charge is -2.21. The van der Waals surface area contributed by atoms with Gasteiger partial charge in [-0.3, -0.25) is 9.59 Å². The molecule has 7 heteroatoms. The average molecular weight is 1100 g/mol. The van der Waals surface area contributed by atoms with Crippen LogP contribution in [0.5, 0.6) is 0 Å². The molecule has 0 atom stereocenters. The number of alkyl halides is 1. The molecule has 0 saturated carbocycles. The Balaban J connectivity index is 0. The van der Waals surface area contributed by atoms with E-state index in [1.54, 1.807) is 0 Å². The first-order valence-electron chi connectivity index (χ1n) is 33.2. The predicted molar refractivity (Wildman–Crippen MR) is 326 cm³/mol. The van der Waals surface area contributed by atoms with Crippen LogP contribution >= 0.6 is 15.9 Å². The van der Waals surface area contributed by atoms with Crippen LogP contribution in [-0.2, 0) is 19.1 Å². The molecule has 0 radical (unpaired) electrons. The highest BCUT2D eigenvalue weighted by Crippen LogP contribution is 2.21. The van der Waals surface area contributed by atoms with Crippen molar-refractivity contribution < 1.29 is 24.2 Å². The Bertz CT molecular complexity index is 1010. The fraction of sp³-hybridized carbons (Fsp3) is 0.970. The van der Waals surface area contributed by atoms with Gasteiger partial charge in [0, 0.05) is 24.7 Å². The molecule has 73 heavy (non-hydrogen) atoms. The van der Waals surface area contributed by atoms with Gasteiger partial charge in [-0.2, -0.15) is 0 Å². The molecule has 0 aliphatic heterocycles. The molecular weight excluding hydrogens is 967 g/mol. The molecule has 0 fully saturated rings. The van der Waals surface area contributed by atoms with Crippen LogP contribution in [0.2, 0.25) is 0 Å². The smallest absolute Gasteiger partial charge is 0.306 e. The molecule has 6 nitrogen and oxygen atoms in total. The average Bonchev–Trinajstić information content (AvgIpc) is 3.39. The van der Waals surface area contributed by atoms with Gasteiger partial charge in [-0.05, 0) is 96.6 Å². The van der Waals surface area contributed by atoms with Gasteiger partial charge in [-0.1, -0.05) is 288 Å². The summed E-state index contributed by atoms with van der Waals surface area (Å²) in [6, 6.07) is 0. The predicted octanol–water partition coefficient (Wildman–Crippen LogP) is 21.9. The van der Waals surface area contributed by atoms with Gasteiger partial charge < -0.3 is 19.5 Å². The zero-order valence-corrected chi connectivity index (χ0v) is 52.0. The Morgan fingerprint density at radius 1 is 0.329 bits per heavy atom. The summed E-state index contributed by atoms with van der Waals surface area (Å²) < 4.78 is 11.9. The molecule has 0 aliphatic rings. The Morgan fingerprint density at radius 2 is 0.562 bits per heavy atom. The van der Waals surface area contributed by atoms with Crippen molar-refractivity contribution in [2.45, 2.75) is 381 Å². The maximum atomic E-state index is 12.7. The van der Waals surface area contributed by atoms with E-state index in [1.807, 2.05) is 0 Å². The topological polar surface area (TPSA) is 76.1 Å². The molecule has 0 aromatic rings. The summed E-state index contributed by atoms with van der Waals surface area (Å²) in [7, 11) is 0. The van der Waals surface area contributed by atoms with E-state index < -0.39 is 0 Å². The summed E-state index contributed by atoms with van der Waals surface area (Å²) in [5.74, 6) is 0.0796. The molecule has 0 aliphatic carbocycles. The summed E-state index contributed by atoms with van der Waals surface area (Å²) in [4.78, 5) is 27.4. The first kappa shape index (κ1) is 74.4. The number of carbonyl (C=O) groups is 2. The molecule has 0 amide bonds. The second-order valence-corrected chi connectivity index (χ2v) is 23.4. The van der Waals surface area contributed by atoms with Gasteiger partial charge in [0.25, 0.3) is 0 Å². The first-order chi connectivity index (χ1) is 35.9. The van der Waals surface area contributed by atoms with E-state index in [1.165, 1.54) is 270 Å². The van der Waals surface area contributed by atoms with Crippen LogP contribution in [0.3, 0.4) is 0 Å². The van der Waals surface area contributed by atoms with Gasteiger partial charge in [0.05, 0.1) is 6.61 Å². The fourth-order valence-electron chi connectivity index (χ4n) is 10.3. The number of halogens is 1. The fourth-order valence-corrected chi connectivity index (χ4v) is 10.7. The number of hydrogen-bond acceptors (Lipinski definition) is 6. The molecule has 0 aromatic heterocycles. The molecule has 0 unspecified atom stereocenters. The number of carbonyl (C=O) groups excluding carboxylic acids is 2. The van der Waals surface area contributed by atoms with Crippen molar-refractivity contribution in [3.05, 3.63) is 0 Å². The molecule has 0 spiro atoms. The zero-order chi connectivity index (χ0) is 53.6. The third kappa shape index (κ3) is 62.1. The van der Waals surface area contributed by atoms with Gasteiger partial charge in [0.1, 0.15) is 12.2 Å². The minimum absolute atomic E-state index is 0.0356. The van der Waals surface area contributed by atoms with Crippen molar-refractivity contribution in [2.24, 2.45) is 0 Å². The van der Waals surface area contributed by atoms with Gasteiger partial charge in [-0.15, -0.1) is 0 Å². The van der Waals surface area contributed by atoms with Crippen LogP contribution in [0.1, 0.15) is 369 Å². The highest BCUT2D eigenvalue weighted by atomic mass is 79.9. The van der Waals surface area contributed by atoms with E-state index in [4.69, 9.17) is 9.47 Å². The SMILES string of the molecule is CCCCCCCCC(CCCCCCCC)OC(=O)CCCCCCCBr.CCCCCCCCCCCCCCN(CCO)CCCCCCCC(=O)OC(CCCCCCCC)CCCCCCCC. The van der Waals surface area contributed by atoms with Crippen LogP contribution in [0, 0.1) is 0 Å². The molecule has 438 valence electrons. The van der Waals surface area contributed by atoms with Crippen LogP contribution in [-0.4, -0.2) is 65.7 Å². The van der Waals surface area contributed by atoms with Crippen LogP contribution in [0.15, 0.2) is 0 Å². The molecular formula is C66H132BrNO5. The number of aliphatic hydroxyl groups excluding tert-OH is 1. The maximum Gasteiger partial charge on any atom is 0.306 e. The Kier molecular flexibility index (Phi) is 66.9. The van der Waals surface area contributed by atoms with Crippen LogP contribution in [0.4, 0.5) is 0 Å². The summed E-state index contributed by atoms with van der Waals surface area (Å²) >= 11 is 3.47. The molecule has 0 rings (SSSR count). The number of aliphatic hydroxyl groups is 1. The normalized spacial score (nSPS) is 11.5. The zero-order valence-electron chi connectivity index (χ0n) is 50.4. The summed E-state index contributed by atoms with van der Waals surface area (Å²) in [5.41, 5.74) is 0. The monoisotopic (exact) mass is 1100 g/mol. The minimum Gasteiger partial charge on any atom is -0.462 e. The van der Waals surface area contributed by atoms with Crippen molar-refractivity contribution in [1.29, 1.82) is 0 Å². The van der Waals surface area contributed by atoms with Crippen molar-refractivity contribution in [3.63, 3.8) is 0 Å². The highest BCUT2D eigenvalue weighted by Gasteiger charge is 2.16. The number of ether oxygens (including phenoxy) is 2. The highest BCUT2D eigenvalue weighted by molar-refractivity contribution is 9.09.